The molecule has 2 aromatic carbocycles. The van der Waals surface area contributed by atoms with Gasteiger partial charge in [-0.2, -0.15) is 0 Å². The summed E-state index contributed by atoms with van der Waals surface area (Å²) in [7, 11) is 4.09. The van der Waals surface area contributed by atoms with E-state index in [2.05, 4.69) is 36.1 Å². The highest BCUT2D eigenvalue weighted by Gasteiger charge is 2.38. The van der Waals surface area contributed by atoms with E-state index in [0.29, 0.717) is 11.6 Å². The highest BCUT2D eigenvalue weighted by molar-refractivity contribution is 6.31. The van der Waals surface area contributed by atoms with Crippen LogP contribution in [0.25, 0.3) is 5.70 Å². The van der Waals surface area contributed by atoms with Crippen molar-refractivity contribution in [2.24, 2.45) is 0 Å². The third-order valence-electron chi connectivity index (χ3n) is 4.38. The monoisotopic (exact) mass is 376 g/mol. The molecule has 3 rings (SSSR count). The molecule has 2 aromatic rings. The summed E-state index contributed by atoms with van der Waals surface area (Å²) in [6.45, 7) is 2.77. The molecule has 132 valence electrons. The minimum Gasteiger partial charge on any atom is -0.494 e. The molecule has 1 unspecified atom stereocenters. The molecule has 0 aliphatic carbocycles. The zero-order chi connectivity index (χ0) is 18.0. The standard InChI is InChI=1S/C20H22Cl2N2O/c1-4-11-25-20-18(14-7-5-9-16(21)12-14)23(2)24(3)19(20)15-8-6-10-17(22)13-15/h5-10,12-13,18H,4,11H2,1-3H3. The van der Waals surface area contributed by atoms with Crippen molar-refractivity contribution in [3.8, 4) is 0 Å². The summed E-state index contributed by atoms with van der Waals surface area (Å²) in [6.07, 6.45) is 0.946. The van der Waals surface area contributed by atoms with Crippen molar-refractivity contribution in [3.05, 3.63) is 75.5 Å². The lowest BCUT2D eigenvalue weighted by atomic mass is 10.0. The number of hydrazine groups is 1. The summed E-state index contributed by atoms with van der Waals surface area (Å²) in [6, 6.07) is 15.8. The van der Waals surface area contributed by atoms with Gasteiger partial charge in [0.25, 0.3) is 0 Å². The number of ether oxygens (including phenoxy) is 1. The summed E-state index contributed by atoms with van der Waals surface area (Å²) in [4.78, 5) is 0. The molecule has 25 heavy (non-hydrogen) atoms. The number of nitrogens with zero attached hydrogens (tertiary/aromatic N) is 2. The van der Waals surface area contributed by atoms with Crippen LogP contribution >= 0.6 is 23.2 Å². The Morgan fingerprint density at radius 1 is 1.00 bits per heavy atom. The van der Waals surface area contributed by atoms with Crippen LogP contribution in [0.3, 0.4) is 0 Å². The van der Waals surface area contributed by atoms with E-state index in [1.807, 2.05) is 43.4 Å². The average molecular weight is 377 g/mol. The van der Waals surface area contributed by atoms with Crippen molar-refractivity contribution in [2.75, 3.05) is 20.7 Å². The Hall–Kier alpha value is -1.68. The van der Waals surface area contributed by atoms with Crippen molar-refractivity contribution < 1.29 is 4.74 Å². The molecule has 0 spiro atoms. The van der Waals surface area contributed by atoms with Gasteiger partial charge in [-0.05, 0) is 36.2 Å². The Bertz CT molecular complexity index is 791. The molecule has 0 bridgehead atoms. The maximum atomic E-state index is 6.23. The molecule has 0 amide bonds. The molecule has 0 aromatic heterocycles. The van der Waals surface area contributed by atoms with E-state index in [1.165, 1.54) is 0 Å². The Labute approximate surface area is 159 Å². The molecule has 1 aliphatic rings. The van der Waals surface area contributed by atoms with Crippen LogP contribution in [0.1, 0.15) is 30.5 Å². The maximum absolute atomic E-state index is 6.23. The van der Waals surface area contributed by atoms with Gasteiger partial charge < -0.3 is 9.75 Å². The quantitative estimate of drug-likeness (QED) is 0.672. The Morgan fingerprint density at radius 3 is 2.32 bits per heavy atom. The first-order chi connectivity index (χ1) is 12.0. The van der Waals surface area contributed by atoms with Crippen molar-refractivity contribution in [1.29, 1.82) is 0 Å². The maximum Gasteiger partial charge on any atom is 0.145 e. The van der Waals surface area contributed by atoms with Crippen molar-refractivity contribution in [2.45, 2.75) is 19.4 Å². The zero-order valence-corrected chi connectivity index (χ0v) is 16.2. The van der Waals surface area contributed by atoms with Gasteiger partial charge in [-0.1, -0.05) is 54.4 Å². The average Bonchev–Trinajstić information content (AvgIpc) is 2.84. The lowest BCUT2D eigenvalue weighted by Crippen LogP contribution is -2.32. The van der Waals surface area contributed by atoms with E-state index >= 15 is 0 Å². The van der Waals surface area contributed by atoms with Crippen LogP contribution in [0.15, 0.2) is 54.3 Å². The summed E-state index contributed by atoms with van der Waals surface area (Å²) >= 11 is 12.4. The minimum atomic E-state index is -0.0239. The van der Waals surface area contributed by atoms with Crippen molar-refractivity contribution in [3.63, 3.8) is 0 Å². The van der Waals surface area contributed by atoms with Crippen LogP contribution in [-0.4, -0.2) is 30.7 Å². The SMILES string of the molecule is CCCOC1=C(c2cccc(Cl)c2)N(C)N(C)C1c1cccc(Cl)c1. The number of rotatable bonds is 5. The second-order valence-electron chi connectivity index (χ2n) is 6.13. The van der Waals surface area contributed by atoms with Gasteiger partial charge in [0.1, 0.15) is 11.8 Å². The Kier molecular flexibility index (Phi) is 5.57. The number of halogens is 2. The molecule has 0 fully saturated rings. The van der Waals surface area contributed by atoms with Gasteiger partial charge >= 0.3 is 0 Å². The van der Waals surface area contributed by atoms with Gasteiger partial charge in [0, 0.05) is 29.7 Å². The Morgan fingerprint density at radius 2 is 1.68 bits per heavy atom. The summed E-state index contributed by atoms with van der Waals surface area (Å²) < 4.78 is 6.22. The highest BCUT2D eigenvalue weighted by atomic mass is 35.5. The number of hydrogen-bond donors (Lipinski definition) is 0. The van der Waals surface area contributed by atoms with Gasteiger partial charge in [-0.15, -0.1) is 0 Å². The summed E-state index contributed by atoms with van der Waals surface area (Å²) in [5.74, 6) is 0.927. The molecule has 5 heteroatoms. The third kappa shape index (κ3) is 3.64. The van der Waals surface area contributed by atoms with Crippen LogP contribution in [-0.2, 0) is 4.74 Å². The topological polar surface area (TPSA) is 15.7 Å². The first kappa shape index (κ1) is 18.1. The fourth-order valence-corrected chi connectivity index (χ4v) is 3.55. The first-order valence-electron chi connectivity index (χ1n) is 8.37. The van der Waals surface area contributed by atoms with Crippen LogP contribution in [0.2, 0.25) is 10.0 Å². The molecule has 3 nitrogen and oxygen atoms in total. The normalized spacial score (nSPS) is 18.1. The Balaban J connectivity index is 2.13. The molecule has 0 N–H and O–H groups in total. The third-order valence-corrected chi connectivity index (χ3v) is 4.85. The predicted octanol–water partition coefficient (Wildman–Crippen LogP) is 5.62. The zero-order valence-electron chi connectivity index (χ0n) is 14.7. The number of hydrogen-bond acceptors (Lipinski definition) is 3. The van der Waals surface area contributed by atoms with Crippen LogP contribution in [0.5, 0.6) is 0 Å². The molecule has 0 saturated heterocycles. The molecule has 1 aliphatic heterocycles. The van der Waals surface area contributed by atoms with Crippen LogP contribution in [0, 0.1) is 0 Å². The number of benzene rings is 2. The van der Waals surface area contributed by atoms with E-state index in [-0.39, 0.29) is 6.04 Å². The fraction of sp³-hybridized carbons (Fsp3) is 0.300. The van der Waals surface area contributed by atoms with Crippen molar-refractivity contribution in [1.82, 2.24) is 10.0 Å². The molecule has 1 atom stereocenters. The lowest BCUT2D eigenvalue weighted by Gasteiger charge is -2.29. The fourth-order valence-electron chi connectivity index (χ4n) is 3.16. The lowest BCUT2D eigenvalue weighted by molar-refractivity contribution is 0.0612. The van der Waals surface area contributed by atoms with Gasteiger partial charge in [0.2, 0.25) is 0 Å². The van der Waals surface area contributed by atoms with E-state index < -0.39 is 0 Å². The van der Waals surface area contributed by atoms with Crippen LogP contribution < -0.4 is 0 Å². The van der Waals surface area contributed by atoms with Gasteiger partial charge in [-0.25, -0.2) is 5.01 Å². The molecule has 0 radical (unpaired) electrons. The minimum absolute atomic E-state index is 0.0239. The van der Waals surface area contributed by atoms with E-state index in [9.17, 15) is 0 Å². The summed E-state index contributed by atoms with van der Waals surface area (Å²) in [5, 5.41) is 5.71. The van der Waals surface area contributed by atoms with Crippen LogP contribution in [0.4, 0.5) is 0 Å². The van der Waals surface area contributed by atoms with Crippen molar-refractivity contribution >= 4 is 28.9 Å². The van der Waals surface area contributed by atoms with Gasteiger partial charge in [0.05, 0.1) is 12.3 Å². The second kappa shape index (κ2) is 7.69. The molecular formula is C20H22Cl2N2O. The van der Waals surface area contributed by atoms with Gasteiger partial charge in [0.15, 0.2) is 0 Å². The second-order valence-corrected chi connectivity index (χ2v) is 7.00. The van der Waals surface area contributed by atoms with Gasteiger partial charge in [-0.3, -0.25) is 0 Å². The van der Waals surface area contributed by atoms with E-state index in [0.717, 1.165) is 34.0 Å². The number of likely N-dealkylation sites (N-methyl/N-ethyl adjacent to an activating group) is 1. The smallest absolute Gasteiger partial charge is 0.145 e. The largest absolute Gasteiger partial charge is 0.494 e. The van der Waals surface area contributed by atoms with E-state index in [1.54, 1.807) is 0 Å². The first-order valence-corrected chi connectivity index (χ1v) is 9.13. The highest BCUT2D eigenvalue weighted by Crippen LogP contribution is 2.43. The predicted molar refractivity (Wildman–Crippen MR) is 104 cm³/mol. The molecule has 1 heterocycles. The summed E-state index contributed by atoms with van der Waals surface area (Å²) in [5.41, 5.74) is 3.17. The molecular weight excluding hydrogens is 355 g/mol. The molecule has 0 saturated carbocycles. The van der Waals surface area contributed by atoms with E-state index in [4.69, 9.17) is 27.9 Å².